The van der Waals surface area contributed by atoms with Crippen LogP contribution in [-0.4, -0.2) is 4.98 Å². The highest BCUT2D eigenvalue weighted by Gasteiger charge is 2.18. The minimum Gasteiger partial charge on any atom is -0.255 e. The summed E-state index contributed by atoms with van der Waals surface area (Å²) in [6, 6.07) is 1.91. The van der Waals surface area contributed by atoms with Crippen LogP contribution < -0.4 is 0 Å². The van der Waals surface area contributed by atoms with Crippen LogP contribution in [0.5, 0.6) is 0 Å². The van der Waals surface area contributed by atoms with Crippen molar-refractivity contribution in [2.24, 2.45) is 0 Å². The molecule has 1 aromatic rings. The molecular formula is C9H7BrF2N2. The summed E-state index contributed by atoms with van der Waals surface area (Å²) in [5, 5.41) is 9.01. The van der Waals surface area contributed by atoms with Crippen LogP contribution in [0.25, 0.3) is 0 Å². The topological polar surface area (TPSA) is 36.7 Å². The SMILES string of the molecule is Cc1cnc(C(F)F)c(CBr)c1C#N. The van der Waals surface area contributed by atoms with E-state index in [1.807, 2.05) is 6.07 Å². The number of hydrogen-bond acceptors (Lipinski definition) is 2. The lowest BCUT2D eigenvalue weighted by Gasteiger charge is -2.08. The van der Waals surface area contributed by atoms with Gasteiger partial charge in [-0.15, -0.1) is 0 Å². The van der Waals surface area contributed by atoms with E-state index in [-0.39, 0.29) is 22.2 Å². The monoisotopic (exact) mass is 260 g/mol. The van der Waals surface area contributed by atoms with Crippen molar-refractivity contribution >= 4 is 15.9 Å². The third-order valence-electron chi connectivity index (χ3n) is 1.85. The summed E-state index contributed by atoms with van der Waals surface area (Å²) in [5.41, 5.74) is 0.866. The molecule has 0 radical (unpaired) electrons. The summed E-state index contributed by atoms with van der Waals surface area (Å²) < 4.78 is 24.9. The van der Waals surface area contributed by atoms with Gasteiger partial charge >= 0.3 is 0 Å². The van der Waals surface area contributed by atoms with Crippen molar-refractivity contribution in [3.05, 3.63) is 28.6 Å². The number of aromatic nitrogens is 1. The van der Waals surface area contributed by atoms with E-state index in [0.29, 0.717) is 5.56 Å². The standard InChI is InChI=1S/C9H7BrF2N2/c1-5-4-14-8(9(11)12)6(2-10)7(5)3-13/h4,9H,2H2,1H3. The lowest BCUT2D eigenvalue weighted by Crippen LogP contribution is -2.01. The van der Waals surface area contributed by atoms with Crippen LogP contribution in [0.4, 0.5) is 8.78 Å². The second kappa shape index (κ2) is 4.47. The fourth-order valence-electron chi connectivity index (χ4n) is 1.15. The third kappa shape index (κ3) is 1.90. The van der Waals surface area contributed by atoms with Crippen LogP contribution >= 0.6 is 15.9 Å². The van der Waals surface area contributed by atoms with Crippen molar-refractivity contribution in [1.29, 1.82) is 5.26 Å². The number of aryl methyl sites for hydroxylation is 1. The summed E-state index contributed by atoms with van der Waals surface area (Å²) in [7, 11) is 0. The van der Waals surface area contributed by atoms with Crippen LogP contribution in [0.2, 0.25) is 0 Å². The Morgan fingerprint density at radius 3 is 2.71 bits per heavy atom. The fraction of sp³-hybridized carbons (Fsp3) is 0.333. The molecule has 0 saturated carbocycles. The molecule has 0 atom stereocenters. The van der Waals surface area contributed by atoms with E-state index in [2.05, 4.69) is 20.9 Å². The van der Waals surface area contributed by atoms with E-state index < -0.39 is 6.43 Å². The zero-order chi connectivity index (χ0) is 10.7. The zero-order valence-corrected chi connectivity index (χ0v) is 8.98. The van der Waals surface area contributed by atoms with Crippen LogP contribution in [0.15, 0.2) is 6.20 Å². The van der Waals surface area contributed by atoms with Gasteiger partial charge < -0.3 is 0 Å². The molecule has 0 aliphatic carbocycles. The van der Waals surface area contributed by atoms with Crippen molar-refractivity contribution in [3.63, 3.8) is 0 Å². The van der Waals surface area contributed by atoms with Gasteiger partial charge in [0.25, 0.3) is 6.43 Å². The molecule has 0 spiro atoms. The van der Waals surface area contributed by atoms with Crippen molar-refractivity contribution in [2.45, 2.75) is 18.7 Å². The van der Waals surface area contributed by atoms with Crippen molar-refractivity contribution in [3.8, 4) is 6.07 Å². The third-order valence-corrected chi connectivity index (χ3v) is 2.42. The Hall–Kier alpha value is -1.02. The maximum atomic E-state index is 12.5. The summed E-state index contributed by atoms with van der Waals surface area (Å²) in [4.78, 5) is 3.63. The smallest absolute Gasteiger partial charge is 0.255 e. The second-order valence-electron chi connectivity index (χ2n) is 2.73. The highest BCUT2D eigenvalue weighted by Crippen LogP contribution is 2.26. The van der Waals surface area contributed by atoms with E-state index >= 15 is 0 Å². The van der Waals surface area contributed by atoms with Gasteiger partial charge in [-0.2, -0.15) is 5.26 Å². The molecule has 0 saturated heterocycles. The lowest BCUT2D eigenvalue weighted by atomic mass is 10.0. The molecule has 0 unspecified atom stereocenters. The average Bonchev–Trinajstić information content (AvgIpc) is 2.16. The Morgan fingerprint density at radius 1 is 1.64 bits per heavy atom. The molecule has 0 fully saturated rings. The van der Waals surface area contributed by atoms with Crippen molar-refractivity contribution < 1.29 is 8.78 Å². The minimum atomic E-state index is -2.64. The normalized spacial score (nSPS) is 10.3. The first-order chi connectivity index (χ1) is 6.61. The highest BCUT2D eigenvalue weighted by molar-refractivity contribution is 9.08. The number of hydrogen-bond donors (Lipinski definition) is 0. The van der Waals surface area contributed by atoms with Crippen LogP contribution in [-0.2, 0) is 5.33 Å². The maximum Gasteiger partial charge on any atom is 0.280 e. The molecule has 0 aliphatic rings. The zero-order valence-electron chi connectivity index (χ0n) is 7.39. The number of nitriles is 1. The molecule has 1 heterocycles. The van der Waals surface area contributed by atoms with Gasteiger partial charge in [0.15, 0.2) is 0 Å². The highest BCUT2D eigenvalue weighted by atomic mass is 79.9. The first-order valence-corrected chi connectivity index (χ1v) is 4.96. The van der Waals surface area contributed by atoms with Gasteiger partial charge in [0.05, 0.1) is 11.6 Å². The first-order valence-electron chi connectivity index (χ1n) is 3.84. The Morgan fingerprint density at radius 2 is 2.29 bits per heavy atom. The van der Waals surface area contributed by atoms with E-state index in [9.17, 15) is 8.78 Å². The van der Waals surface area contributed by atoms with Gasteiger partial charge in [-0.25, -0.2) is 8.78 Å². The summed E-state index contributed by atoms with van der Waals surface area (Å²) >= 11 is 3.08. The Bertz CT molecular complexity index is 385. The predicted octanol–water partition coefficient (Wildman–Crippen LogP) is 3.09. The number of nitrogens with zero attached hydrogens (tertiary/aromatic N) is 2. The molecule has 74 valence electrons. The van der Waals surface area contributed by atoms with Crippen LogP contribution in [0.1, 0.15) is 28.8 Å². The molecule has 1 rings (SSSR count). The van der Waals surface area contributed by atoms with Crippen molar-refractivity contribution in [1.82, 2.24) is 4.98 Å². The largest absolute Gasteiger partial charge is 0.280 e. The molecule has 14 heavy (non-hydrogen) atoms. The predicted molar refractivity (Wildman–Crippen MR) is 51.3 cm³/mol. The molecule has 2 nitrogen and oxygen atoms in total. The van der Waals surface area contributed by atoms with Crippen LogP contribution in [0, 0.1) is 18.3 Å². The Kier molecular flexibility index (Phi) is 3.53. The summed E-state index contributed by atoms with van der Waals surface area (Å²) in [5.74, 6) is 0. The molecule has 0 bridgehead atoms. The number of halogens is 3. The molecule has 5 heteroatoms. The summed E-state index contributed by atoms with van der Waals surface area (Å²) in [6.45, 7) is 1.67. The van der Waals surface area contributed by atoms with E-state index in [1.54, 1.807) is 6.92 Å². The van der Waals surface area contributed by atoms with Crippen LogP contribution in [0.3, 0.4) is 0 Å². The van der Waals surface area contributed by atoms with E-state index in [0.717, 1.165) is 0 Å². The molecule has 0 N–H and O–H groups in total. The maximum absolute atomic E-state index is 12.5. The van der Waals surface area contributed by atoms with Gasteiger partial charge in [0.1, 0.15) is 5.69 Å². The van der Waals surface area contributed by atoms with E-state index in [1.165, 1.54) is 6.20 Å². The fourth-order valence-corrected chi connectivity index (χ4v) is 1.72. The first kappa shape index (κ1) is 11.1. The van der Waals surface area contributed by atoms with Gasteiger partial charge in [0, 0.05) is 17.1 Å². The molecule has 1 aromatic heterocycles. The second-order valence-corrected chi connectivity index (χ2v) is 3.29. The van der Waals surface area contributed by atoms with E-state index in [4.69, 9.17) is 5.26 Å². The molecular weight excluding hydrogens is 254 g/mol. The average molecular weight is 261 g/mol. The number of alkyl halides is 3. The number of pyridine rings is 1. The molecule has 0 aliphatic heterocycles. The van der Waals surface area contributed by atoms with Gasteiger partial charge in [-0.05, 0) is 12.5 Å². The summed E-state index contributed by atoms with van der Waals surface area (Å²) in [6.07, 6.45) is -1.35. The molecule has 0 amide bonds. The Labute approximate surface area is 88.7 Å². The molecule has 0 aromatic carbocycles. The van der Waals surface area contributed by atoms with Gasteiger partial charge in [-0.3, -0.25) is 4.98 Å². The Balaban J connectivity index is 3.42. The number of rotatable bonds is 2. The quantitative estimate of drug-likeness (QED) is 0.767. The minimum absolute atomic E-state index is 0.213. The lowest BCUT2D eigenvalue weighted by molar-refractivity contribution is 0.145. The van der Waals surface area contributed by atoms with Gasteiger partial charge in [-0.1, -0.05) is 15.9 Å². The van der Waals surface area contributed by atoms with Gasteiger partial charge in [0.2, 0.25) is 0 Å². The van der Waals surface area contributed by atoms with Crippen molar-refractivity contribution in [2.75, 3.05) is 0 Å².